The summed E-state index contributed by atoms with van der Waals surface area (Å²) >= 11 is 0. The molecule has 4 heteroatoms. The van der Waals surface area contributed by atoms with Crippen LogP contribution >= 0.6 is 0 Å². The second kappa shape index (κ2) is 22.7. The summed E-state index contributed by atoms with van der Waals surface area (Å²) in [5.74, 6) is -0.932. The van der Waals surface area contributed by atoms with E-state index in [0.717, 1.165) is 25.7 Å². The maximum atomic E-state index is 12.3. The van der Waals surface area contributed by atoms with Gasteiger partial charge in [0.05, 0.1) is 13.2 Å². The minimum Gasteiger partial charge on any atom is -0.465 e. The minimum absolute atomic E-state index is 0.393. The lowest BCUT2D eigenvalue weighted by Crippen LogP contribution is -2.37. The summed E-state index contributed by atoms with van der Waals surface area (Å²) in [6.45, 7) is 8.49. The average Bonchev–Trinajstić information content (AvgIpc) is 2.80. The summed E-state index contributed by atoms with van der Waals surface area (Å²) in [5, 5.41) is 0. The third kappa shape index (κ3) is 19.0. The first-order valence-corrected chi connectivity index (χ1v) is 14.3. The van der Waals surface area contributed by atoms with Gasteiger partial charge in [-0.15, -0.1) is 0 Å². The Morgan fingerprint density at radius 3 is 0.970 bits per heavy atom. The van der Waals surface area contributed by atoms with Gasteiger partial charge in [-0.25, -0.2) is 0 Å². The highest BCUT2D eigenvalue weighted by Crippen LogP contribution is 2.21. The van der Waals surface area contributed by atoms with E-state index in [0.29, 0.717) is 13.2 Å². The quantitative estimate of drug-likeness (QED) is 0.0805. The van der Waals surface area contributed by atoms with Crippen LogP contribution in [0.5, 0.6) is 0 Å². The van der Waals surface area contributed by atoms with Crippen LogP contribution < -0.4 is 0 Å². The van der Waals surface area contributed by atoms with Crippen LogP contribution in [-0.2, 0) is 19.1 Å². The van der Waals surface area contributed by atoms with Gasteiger partial charge in [-0.3, -0.25) is 9.59 Å². The number of unbranched alkanes of at least 4 members (excludes halogenated alkanes) is 18. The zero-order valence-corrected chi connectivity index (χ0v) is 22.7. The lowest BCUT2D eigenvalue weighted by Gasteiger charge is -2.20. The molecule has 196 valence electrons. The Labute approximate surface area is 206 Å². The van der Waals surface area contributed by atoms with Gasteiger partial charge in [0.2, 0.25) is 0 Å². The number of ether oxygens (including phenoxy) is 2. The van der Waals surface area contributed by atoms with Gasteiger partial charge in [-0.2, -0.15) is 0 Å². The Morgan fingerprint density at radius 1 is 0.455 bits per heavy atom. The number of rotatable bonds is 24. The molecular formula is C29H56O4. The highest BCUT2D eigenvalue weighted by atomic mass is 16.6. The molecule has 0 aliphatic rings. The fraction of sp³-hybridized carbons (Fsp3) is 0.931. The summed E-state index contributed by atoms with van der Waals surface area (Å²) < 4.78 is 10.7. The number of hydrogen-bond acceptors (Lipinski definition) is 4. The van der Waals surface area contributed by atoms with Crippen LogP contribution in [0.2, 0.25) is 0 Å². The van der Waals surface area contributed by atoms with Crippen molar-refractivity contribution in [3.8, 4) is 0 Å². The second-order valence-corrected chi connectivity index (χ2v) is 10.3. The fourth-order valence-electron chi connectivity index (χ4n) is 3.95. The minimum atomic E-state index is -1.23. The molecule has 0 heterocycles. The molecule has 0 N–H and O–H groups in total. The summed E-state index contributed by atoms with van der Waals surface area (Å²) in [7, 11) is 0. The van der Waals surface area contributed by atoms with Crippen LogP contribution in [-0.4, -0.2) is 25.2 Å². The van der Waals surface area contributed by atoms with Gasteiger partial charge in [0.1, 0.15) is 0 Å². The third-order valence-corrected chi connectivity index (χ3v) is 6.48. The Hall–Kier alpha value is -1.06. The fourth-order valence-corrected chi connectivity index (χ4v) is 3.95. The van der Waals surface area contributed by atoms with Crippen molar-refractivity contribution in [1.82, 2.24) is 0 Å². The highest BCUT2D eigenvalue weighted by Gasteiger charge is 2.39. The molecule has 0 saturated heterocycles. The molecule has 33 heavy (non-hydrogen) atoms. The van der Waals surface area contributed by atoms with Crippen molar-refractivity contribution in [1.29, 1.82) is 0 Å². The first kappa shape index (κ1) is 31.9. The molecule has 0 aromatic carbocycles. The van der Waals surface area contributed by atoms with E-state index in [1.54, 1.807) is 13.8 Å². The third-order valence-electron chi connectivity index (χ3n) is 6.48. The molecular weight excluding hydrogens is 412 g/mol. The maximum absolute atomic E-state index is 12.3. The molecule has 0 fully saturated rings. The van der Waals surface area contributed by atoms with E-state index < -0.39 is 17.4 Å². The molecule has 0 atom stereocenters. The smallest absolute Gasteiger partial charge is 0.322 e. The first-order chi connectivity index (χ1) is 16.0. The predicted octanol–water partition coefficient (Wildman–Crippen LogP) is 8.94. The van der Waals surface area contributed by atoms with Crippen LogP contribution in [0.3, 0.4) is 0 Å². The predicted molar refractivity (Wildman–Crippen MR) is 139 cm³/mol. The molecule has 0 aromatic heterocycles. The molecule has 0 amide bonds. The first-order valence-electron chi connectivity index (χ1n) is 14.3. The molecule has 0 spiro atoms. The topological polar surface area (TPSA) is 52.6 Å². The van der Waals surface area contributed by atoms with Gasteiger partial charge in [0.25, 0.3) is 0 Å². The van der Waals surface area contributed by atoms with Crippen molar-refractivity contribution < 1.29 is 19.1 Å². The van der Waals surface area contributed by atoms with Crippen molar-refractivity contribution in [2.45, 2.75) is 156 Å². The summed E-state index contributed by atoms with van der Waals surface area (Å²) in [4.78, 5) is 24.7. The van der Waals surface area contributed by atoms with Gasteiger partial charge >= 0.3 is 11.9 Å². The molecule has 0 bridgehead atoms. The van der Waals surface area contributed by atoms with E-state index in [-0.39, 0.29) is 0 Å². The van der Waals surface area contributed by atoms with Crippen LogP contribution in [0.4, 0.5) is 0 Å². The SMILES string of the molecule is CCCCCCCCCCCCOC(=O)C(C)(C)C(=O)OCCCCCCCCCCCC. The normalized spacial score (nSPS) is 11.5. The lowest BCUT2D eigenvalue weighted by atomic mass is 9.94. The van der Waals surface area contributed by atoms with E-state index >= 15 is 0 Å². The van der Waals surface area contributed by atoms with Crippen molar-refractivity contribution in [3.63, 3.8) is 0 Å². The number of hydrogen-bond donors (Lipinski definition) is 0. The largest absolute Gasteiger partial charge is 0.465 e. The van der Waals surface area contributed by atoms with Crippen LogP contribution in [0.15, 0.2) is 0 Å². The Morgan fingerprint density at radius 2 is 0.697 bits per heavy atom. The Balaban J connectivity index is 3.65. The number of carbonyl (C=O) groups is 2. The molecule has 0 radical (unpaired) electrons. The van der Waals surface area contributed by atoms with E-state index in [9.17, 15) is 9.59 Å². The summed E-state index contributed by atoms with van der Waals surface area (Å²) in [6.07, 6.45) is 24.8. The van der Waals surface area contributed by atoms with E-state index in [4.69, 9.17) is 9.47 Å². The molecule has 0 saturated carbocycles. The molecule has 0 rings (SSSR count). The molecule has 0 aliphatic heterocycles. The van der Waals surface area contributed by atoms with Crippen molar-refractivity contribution in [2.24, 2.45) is 5.41 Å². The molecule has 4 nitrogen and oxygen atoms in total. The van der Waals surface area contributed by atoms with Gasteiger partial charge in [0.15, 0.2) is 5.41 Å². The number of esters is 2. The van der Waals surface area contributed by atoms with Gasteiger partial charge in [0, 0.05) is 0 Å². The van der Waals surface area contributed by atoms with Crippen molar-refractivity contribution in [2.75, 3.05) is 13.2 Å². The molecule has 0 unspecified atom stereocenters. The standard InChI is InChI=1S/C29H56O4/c1-5-7-9-11-13-15-17-19-21-23-25-32-27(30)29(3,4)28(31)33-26-24-22-20-18-16-14-12-10-8-6-2/h5-26H2,1-4H3. The van der Waals surface area contributed by atoms with Crippen molar-refractivity contribution >= 4 is 11.9 Å². The Kier molecular flexibility index (Phi) is 22.0. The lowest BCUT2D eigenvalue weighted by molar-refractivity contribution is -0.169. The summed E-state index contributed by atoms with van der Waals surface area (Å²) in [6, 6.07) is 0. The Bertz CT molecular complexity index is 419. The van der Waals surface area contributed by atoms with E-state index in [1.807, 2.05) is 0 Å². The van der Waals surface area contributed by atoms with Gasteiger partial charge in [-0.1, -0.05) is 129 Å². The van der Waals surface area contributed by atoms with E-state index in [2.05, 4.69) is 13.8 Å². The molecule has 0 aromatic rings. The number of carbonyl (C=O) groups excluding carboxylic acids is 2. The van der Waals surface area contributed by atoms with Crippen LogP contribution in [0.1, 0.15) is 156 Å². The van der Waals surface area contributed by atoms with Gasteiger partial charge in [-0.05, 0) is 26.7 Å². The molecule has 0 aliphatic carbocycles. The van der Waals surface area contributed by atoms with Gasteiger partial charge < -0.3 is 9.47 Å². The van der Waals surface area contributed by atoms with Crippen LogP contribution in [0, 0.1) is 5.41 Å². The zero-order chi connectivity index (χ0) is 24.6. The maximum Gasteiger partial charge on any atom is 0.322 e. The monoisotopic (exact) mass is 468 g/mol. The second-order valence-electron chi connectivity index (χ2n) is 10.3. The van der Waals surface area contributed by atoms with E-state index in [1.165, 1.54) is 103 Å². The van der Waals surface area contributed by atoms with Crippen LogP contribution in [0.25, 0.3) is 0 Å². The highest BCUT2D eigenvalue weighted by molar-refractivity contribution is 5.99. The average molecular weight is 469 g/mol. The summed E-state index contributed by atoms with van der Waals surface area (Å²) in [5.41, 5.74) is -1.23. The zero-order valence-electron chi connectivity index (χ0n) is 22.7. The van der Waals surface area contributed by atoms with Crippen molar-refractivity contribution in [3.05, 3.63) is 0 Å².